The normalized spacial score (nSPS) is 30.6. The fourth-order valence-electron chi connectivity index (χ4n) is 4.00. The van der Waals surface area contributed by atoms with E-state index in [2.05, 4.69) is 0 Å². The largest absolute Gasteiger partial charge is 0.506 e. The second-order valence-electron chi connectivity index (χ2n) is 7.72. The second-order valence-corrected chi connectivity index (χ2v) is 7.72. The molecule has 0 unspecified atom stereocenters. The van der Waals surface area contributed by atoms with Gasteiger partial charge >= 0.3 is 5.97 Å². The van der Waals surface area contributed by atoms with Gasteiger partial charge in [-0.1, -0.05) is 0 Å². The van der Waals surface area contributed by atoms with E-state index < -0.39 is 43.3 Å². The number of fused-ring (bicyclic) bond motifs is 2. The van der Waals surface area contributed by atoms with Gasteiger partial charge in [0.25, 0.3) is 0 Å². The molecule has 2 heterocycles. The molecule has 2 aliphatic rings. The van der Waals surface area contributed by atoms with Crippen molar-refractivity contribution < 1.29 is 49.3 Å². The van der Waals surface area contributed by atoms with Gasteiger partial charge in [-0.15, -0.1) is 0 Å². The topological polar surface area (TPSA) is 155 Å². The smallest absolute Gasteiger partial charge is 0.342 e. The molecule has 0 aliphatic carbocycles. The molecule has 0 radical (unpaired) electrons. The van der Waals surface area contributed by atoms with E-state index in [0.29, 0.717) is 23.1 Å². The molecule has 168 valence electrons. The Morgan fingerprint density at radius 1 is 1.13 bits per heavy atom. The first kappa shape index (κ1) is 21.6. The van der Waals surface area contributed by atoms with Gasteiger partial charge in [0.2, 0.25) is 6.29 Å². The average molecular weight is 436 g/mol. The van der Waals surface area contributed by atoms with Crippen LogP contribution in [0.2, 0.25) is 0 Å². The molecule has 0 saturated carbocycles. The Bertz CT molecular complexity index is 1000. The number of esters is 1. The number of benzene rings is 2. The van der Waals surface area contributed by atoms with Crippen LogP contribution in [0.1, 0.15) is 22.8 Å². The zero-order valence-corrected chi connectivity index (χ0v) is 16.9. The van der Waals surface area contributed by atoms with Crippen LogP contribution in [-0.2, 0) is 15.9 Å². The lowest BCUT2D eigenvalue weighted by Gasteiger charge is -2.39. The highest BCUT2D eigenvalue weighted by Gasteiger charge is 2.45. The number of phenolic OH excluding ortho intramolecular Hbond substituents is 1. The highest BCUT2D eigenvalue weighted by molar-refractivity contribution is 6.06. The third kappa shape index (κ3) is 3.66. The van der Waals surface area contributed by atoms with Crippen LogP contribution in [0.5, 0.6) is 17.2 Å². The number of hydrogen-bond acceptors (Lipinski definition) is 10. The fourth-order valence-corrected chi connectivity index (χ4v) is 4.00. The van der Waals surface area contributed by atoms with Crippen LogP contribution in [0.15, 0.2) is 18.2 Å². The molecule has 10 heteroatoms. The minimum atomic E-state index is -1.65. The molecule has 0 spiro atoms. The molecule has 0 bridgehead atoms. The van der Waals surface area contributed by atoms with Gasteiger partial charge in [0.05, 0.1) is 19.1 Å². The molecule has 1 fully saturated rings. The molecule has 2 aliphatic heterocycles. The maximum Gasteiger partial charge on any atom is 0.342 e. The van der Waals surface area contributed by atoms with Crippen LogP contribution in [0, 0.1) is 0 Å². The number of ether oxygens (including phenoxy) is 4. The van der Waals surface area contributed by atoms with Gasteiger partial charge in [-0.2, -0.15) is 0 Å². The van der Waals surface area contributed by atoms with Crippen molar-refractivity contribution >= 4 is 16.7 Å². The molecule has 0 amide bonds. The maximum absolute atomic E-state index is 12.4. The third-order valence-electron chi connectivity index (χ3n) is 5.58. The van der Waals surface area contributed by atoms with Crippen LogP contribution >= 0.6 is 0 Å². The lowest BCUT2D eigenvalue weighted by molar-refractivity contribution is -0.277. The summed E-state index contributed by atoms with van der Waals surface area (Å²) >= 11 is 0. The Balaban J connectivity index is 1.82. The van der Waals surface area contributed by atoms with Crippen LogP contribution in [0.3, 0.4) is 0 Å². The maximum atomic E-state index is 12.4. The van der Waals surface area contributed by atoms with Crippen molar-refractivity contribution in [3.63, 3.8) is 0 Å². The Morgan fingerprint density at radius 2 is 1.87 bits per heavy atom. The molecule has 10 nitrogen and oxygen atoms in total. The van der Waals surface area contributed by atoms with Crippen molar-refractivity contribution in [2.75, 3.05) is 13.7 Å². The summed E-state index contributed by atoms with van der Waals surface area (Å²) in [5, 5.41) is 51.3. The molecule has 5 N–H and O–H groups in total. The van der Waals surface area contributed by atoms with E-state index in [-0.39, 0.29) is 28.6 Å². The lowest BCUT2D eigenvalue weighted by atomic mass is 9.93. The van der Waals surface area contributed by atoms with Crippen LogP contribution < -0.4 is 9.47 Å². The highest BCUT2D eigenvalue weighted by atomic mass is 16.7. The molecule has 0 aromatic heterocycles. The van der Waals surface area contributed by atoms with Gasteiger partial charge in [0.1, 0.15) is 53.3 Å². The average Bonchev–Trinajstić information content (AvgIpc) is 2.73. The summed E-state index contributed by atoms with van der Waals surface area (Å²) in [5.74, 6) is -0.641. The number of phenols is 1. The van der Waals surface area contributed by atoms with E-state index in [1.807, 2.05) is 0 Å². The van der Waals surface area contributed by atoms with Gasteiger partial charge in [0, 0.05) is 12.5 Å². The Kier molecular flexibility index (Phi) is 5.67. The Labute approximate surface area is 177 Å². The summed E-state index contributed by atoms with van der Waals surface area (Å²) in [6.07, 6.45) is -7.39. The third-order valence-corrected chi connectivity index (χ3v) is 5.58. The van der Waals surface area contributed by atoms with Crippen molar-refractivity contribution in [2.45, 2.75) is 50.2 Å². The summed E-state index contributed by atoms with van der Waals surface area (Å²) < 4.78 is 21.7. The molecule has 2 aromatic carbocycles. The zero-order chi connectivity index (χ0) is 22.4. The predicted octanol–water partition coefficient (Wildman–Crippen LogP) is -0.166. The van der Waals surface area contributed by atoms with E-state index in [1.165, 1.54) is 13.2 Å². The van der Waals surface area contributed by atoms with E-state index in [4.69, 9.17) is 18.9 Å². The molecule has 31 heavy (non-hydrogen) atoms. The second kappa shape index (κ2) is 8.13. The van der Waals surface area contributed by atoms with E-state index in [9.17, 15) is 30.3 Å². The van der Waals surface area contributed by atoms with Crippen molar-refractivity contribution in [3.05, 3.63) is 29.3 Å². The Hall–Kier alpha value is -2.63. The zero-order valence-electron chi connectivity index (χ0n) is 16.9. The summed E-state index contributed by atoms with van der Waals surface area (Å²) in [6, 6.07) is 4.80. The SMILES string of the molecule is COc1cc(O[C@@H]2O[C@H](CO)[C@@H](O)[C@H](O)[C@H]2O)c2c(O)c3c(cc2c1)C[C@@H](C)OC3=O. The van der Waals surface area contributed by atoms with Crippen molar-refractivity contribution in [1.82, 2.24) is 0 Å². The minimum Gasteiger partial charge on any atom is -0.506 e. The quantitative estimate of drug-likeness (QED) is 0.408. The van der Waals surface area contributed by atoms with Gasteiger partial charge in [-0.05, 0) is 30.0 Å². The molecule has 4 rings (SSSR count). The van der Waals surface area contributed by atoms with E-state index >= 15 is 0 Å². The molecule has 6 atom stereocenters. The molecular formula is C21H24O10. The van der Waals surface area contributed by atoms with Gasteiger partial charge in [0.15, 0.2) is 0 Å². The molecule has 1 saturated heterocycles. The van der Waals surface area contributed by atoms with Gasteiger partial charge in [-0.3, -0.25) is 0 Å². The Morgan fingerprint density at radius 3 is 2.55 bits per heavy atom. The summed E-state index contributed by atoms with van der Waals surface area (Å²) in [7, 11) is 1.44. The lowest BCUT2D eigenvalue weighted by Crippen LogP contribution is -2.60. The number of aliphatic hydroxyl groups is 4. The number of aliphatic hydroxyl groups excluding tert-OH is 4. The van der Waals surface area contributed by atoms with Gasteiger partial charge < -0.3 is 44.5 Å². The monoisotopic (exact) mass is 436 g/mol. The van der Waals surface area contributed by atoms with Crippen LogP contribution in [0.4, 0.5) is 0 Å². The number of carbonyl (C=O) groups is 1. The number of aromatic hydroxyl groups is 1. The first-order valence-electron chi connectivity index (χ1n) is 9.79. The molecule has 2 aromatic rings. The van der Waals surface area contributed by atoms with Crippen molar-refractivity contribution in [3.8, 4) is 17.2 Å². The summed E-state index contributed by atoms with van der Waals surface area (Å²) in [5.41, 5.74) is 0.634. The summed E-state index contributed by atoms with van der Waals surface area (Å²) in [6.45, 7) is 1.13. The fraction of sp³-hybridized carbons (Fsp3) is 0.476. The minimum absolute atomic E-state index is 0.00500. The highest BCUT2D eigenvalue weighted by Crippen LogP contribution is 2.43. The number of carbonyl (C=O) groups excluding carboxylic acids is 1. The van der Waals surface area contributed by atoms with Crippen LogP contribution in [-0.4, -0.2) is 82.0 Å². The van der Waals surface area contributed by atoms with Crippen molar-refractivity contribution in [1.29, 1.82) is 0 Å². The molecular weight excluding hydrogens is 412 g/mol. The van der Waals surface area contributed by atoms with Crippen LogP contribution in [0.25, 0.3) is 10.8 Å². The predicted molar refractivity (Wildman–Crippen MR) is 105 cm³/mol. The number of hydrogen-bond donors (Lipinski definition) is 5. The number of cyclic esters (lactones) is 1. The first-order valence-corrected chi connectivity index (χ1v) is 9.79. The summed E-state index contributed by atoms with van der Waals surface area (Å²) in [4.78, 5) is 12.4. The number of rotatable bonds is 4. The van der Waals surface area contributed by atoms with E-state index in [1.54, 1.807) is 19.1 Å². The van der Waals surface area contributed by atoms with Crippen molar-refractivity contribution in [2.24, 2.45) is 0 Å². The number of methoxy groups -OCH3 is 1. The van der Waals surface area contributed by atoms with Gasteiger partial charge in [-0.25, -0.2) is 4.79 Å². The standard InChI is InChI=1S/C21H24O10/c1-8-3-9-4-10-5-11(28-2)6-12(14(10)17(24)15(9)20(27)29-8)30-21-19(26)18(25)16(23)13(7-22)31-21/h4-6,8,13,16,18-19,21-26H,3,7H2,1-2H3/t8-,13-,16-,18+,19-,21-/m1/s1. The first-order chi connectivity index (χ1) is 14.7. The van der Waals surface area contributed by atoms with E-state index in [0.717, 1.165) is 0 Å².